The van der Waals surface area contributed by atoms with E-state index in [2.05, 4.69) is 53.2 Å². The van der Waals surface area contributed by atoms with Crippen LogP contribution in [0.5, 0.6) is 5.75 Å². The first-order chi connectivity index (χ1) is 19.8. The Morgan fingerprint density at radius 2 is 1.88 bits per heavy atom. The number of aromatic nitrogens is 2. The van der Waals surface area contributed by atoms with Gasteiger partial charge >= 0.3 is 0 Å². The second-order valence-electron chi connectivity index (χ2n) is 12.1. The summed E-state index contributed by atoms with van der Waals surface area (Å²) in [7, 11) is 3.70. The van der Waals surface area contributed by atoms with Gasteiger partial charge in [-0.3, -0.25) is 9.59 Å². The van der Waals surface area contributed by atoms with Crippen LogP contribution in [-0.4, -0.2) is 78.6 Å². The molecule has 2 aromatic rings. The first kappa shape index (κ1) is 29.1. The number of hydrogen-bond donors (Lipinski definition) is 2. The van der Waals surface area contributed by atoms with Gasteiger partial charge in [-0.2, -0.15) is 4.98 Å². The van der Waals surface area contributed by atoms with Gasteiger partial charge in [-0.1, -0.05) is 33.6 Å². The average molecular weight is 564 g/mol. The van der Waals surface area contributed by atoms with Gasteiger partial charge in [0.15, 0.2) is 5.82 Å². The molecule has 0 unspecified atom stereocenters. The van der Waals surface area contributed by atoms with Crippen LogP contribution < -0.4 is 25.2 Å². The Kier molecular flexibility index (Phi) is 8.97. The van der Waals surface area contributed by atoms with Crippen molar-refractivity contribution in [3.8, 4) is 5.75 Å². The number of carbonyl (C=O) groups excluding carboxylic acids is 2. The molecule has 10 heteroatoms. The van der Waals surface area contributed by atoms with Gasteiger partial charge in [-0.15, -0.1) is 0 Å². The van der Waals surface area contributed by atoms with E-state index < -0.39 is 0 Å². The van der Waals surface area contributed by atoms with Gasteiger partial charge in [-0.25, -0.2) is 4.98 Å². The van der Waals surface area contributed by atoms with E-state index >= 15 is 0 Å². The molecule has 41 heavy (non-hydrogen) atoms. The summed E-state index contributed by atoms with van der Waals surface area (Å²) in [5.74, 6) is 2.15. The van der Waals surface area contributed by atoms with Gasteiger partial charge in [0.1, 0.15) is 17.5 Å². The molecule has 1 aliphatic carbocycles. The molecule has 3 aliphatic rings. The molecule has 0 bridgehead atoms. The number of piperidine rings is 1. The zero-order valence-electron chi connectivity index (χ0n) is 25.2. The third-order valence-corrected chi connectivity index (χ3v) is 8.59. The number of nitrogens with one attached hydrogen (secondary N) is 2. The fourth-order valence-electron chi connectivity index (χ4n) is 6.38. The van der Waals surface area contributed by atoms with Crippen molar-refractivity contribution in [2.24, 2.45) is 5.92 Å². The fraction of sp³-hybridized carbons (Fsp3) is 0.613. The summed E-state index contributed by atoms with van der Waals surface area (Å²) in [5, 5.41) is 6.49. The number of likely N-dealkylation sites (tertiary alicyclic amines) is 1. The van der Waals surface area contributed by atoms with Crippen LogP contribution in [0.15, 0.2) is 24.4 Å². The molecule has 0 radical (unpaired) electrons. The van der Waals surface area contributed by atoms with Crippen molar-refractivity contribution in [1.29, 1.82) is 0 Å². The zero-order valence-corrected chi connectivity index (χ0v) is 25.2. The number of methoxy groups -OCH3 is 1. The van der Waals surface area contributed by atoms with E-state index in [0.29, 0.717) is 41.5 Å². The van der Waals surface area contributed by atoms with Crippen LogP contribution in [0.2, 0.25) is 0 Å². The lowest BCUT2D eigenvalue weighted by molar-refractivity contribution is -0.120. The summed E-state index contributed by atoms with van der Waals surface area (Å²) < 4.78 is 5.67. The minimum absolute atomic E-state index is 0.0952. The minimum Gasteiger partial charge on any atom is -0.495 e. The number of hydrogen-bond acceptors (Lipinski definition) is 8. The first-order valence-corrected chi connectivity index (χ1v) is 15.2. The first-order valence-electron chi connectivity index (χ1n) is 15.2. The number of carbonyl (C=O) groups is 2. The van der Waals surface area contributed by atoms with Crippen molar-refractivity contribution in [3.05, 3.63) is 30.0 Å². The van der Waals surface area contributed by atoms with E-state index in [1.54, 1.807) is 25.4 Å². The molecule has 3 heterocycles. The Balaban J connectivity index is 1.41. The highest BCUT2D eigenvalue weighted by Crippen LogP contribution is 2.41. The number of nitrogens with zero attached hydrogens (tertiary/aromatic N) is 5. The van der Waals surface area contributed by atoms with E-state index in [4.69, 9.17) is 9.72 Å². The van der Waals surface area contributed by atoms with Crippen molar-refractivity contribution in [2.45, 2.75) is 83.8 Å². The normalized spacial score (nSPS) is 20.4. The maximum absolute atomic E-state index is 13.7. The topological polar surface area (TPSA) is 103 Å². The van der Waals surface area contributed by atoms with E-state index in [1.165, 1.54) is 12.8 Å². The summed E-state index contributed by atoms with van der Waals surface area (Å²) in [5.41, 5.74) is 2.01. The summed E-state index contributed by atoms with van der Waals surface area (Å²) >= 11 is 0. The third-order valence-electron chi connectivity index (χ3n) is 8.59. The molecule has 2 aliphatic heterocycles. The van der Waals surface area contributed by atoms with E-state index in [-0.39, 0.29) is 23.9 Å². The van der Waals surface area contributed by atoms with Crippen LogP contribution in [0, 0.1) is 5.92 Å². The lowest BCUT2D eigenvalue weighted by Gasteiger charge is -2.45. The van der Waals surface area contributed by atoms with Crippen molar-refractivity contribution in [3.63, 3.8) is 0 Å². The average Bonchev–Trinajstić information content (AvgIpc) is 3.50. The third kappa shape index (κ3) is 6.27. The molecule has 1 saturated heterocycles. The molecule has 2 amide bonds. The summed E-state index contributed by atoms with van der Waals surface area (Å²) in [6.07, 6.45) is 8.87. The summed E-state index contributed by atoms with van der Waals surface area (Å²) in [6.45, 7) is 8.93. The van der Waals surface area contributed by atoms with E-state index in [0.717, 1.165) is 56.7 Å². The second-order valence-corrected chi connectivity index (χ2v) is 12.1. The molecule has 0 spiro atoms. The SMILES string of the molecule is CC[C@@H]1C(=O)N(CC(C)C)c2cnc(Nc3ccc(C(=O)NC4CCN(C)CC4)cc3OC)nc2N1C1CCCC1. The van der Waals surface area contributed by atoms with Crippen LogP contribution in [0.4, 0.5) is 23.1 Å². The highest BCUT2D eigenvalue weighted by Gasteiger charge is 2.42. The molecule has 2 fully saturated rings. The largest absolute Gasteiger partial charge is 0.495 e. The molecule has 222 valence electrons. The quantitative estimate of drug-likeness (QED) is 0.457. The number of rotatable bonds is 9. The minimum atomic E-state index is -0.232. The molecular formula is C31H45N7O3. The van der Waals surface area contributed by atoms with Gasteiger partial charge in [0.2, 0.25) is 11.9 Å². The Hall–Kier alpha value is -3.40. The predicted molar refractivity (Wildman–Crippen MR) is 162 cm³/mol. The fourth-order valence-corrected chi connectivity index (χ4v) is 6.38. The molecular weight excluding hydrogens is 518 g/mol. The second kappa shape index (κ2) is 12.6. The van der Waals surface area contributed by atoms with Crippen molar-refractivity contribution in [1.82, 2.24) is 20.2 Å². The molecule has 10 nitrogen and oxygen atoms in total. The highest BCUT2D eigenvalue weighted by atomic mass is 16.5. The molecule has 1 atom stereocenters. The maximum atomic E-state index is 13.7. The number of amides is 2. The van der Waals surface area contributed by atoms with Gasteiger partial charge < -0.3 is 30.1 Å². The van der Waals surface area contributed by atoms with Crippen molar-refractivity contribution in [2.75, 3.05) is 48.9 Å². The lowest BCUT2D eigenvalue weighted by atomic mass is 10.0. The maximum Gasteiger partial charge on any atom is 0.251 e. The van der Waals surface area contributed by atoms with E-state index in [1.807, 2.05) is 11.0 Å². The smallest absolute Gasteiger partial charge is 0.251 e. The van der Waals surface area contributed by atoms with Gasteiger partial charge in [0.25, 0.3) is 5.91 Å². The van der Waals surface area contributed by atoms with Crippen LogP contribution in [0.25, 0.3) is 0 Å². The number of ether oxygens (including phenoxy) is 1. The Morgan fingerprint density at radius 3 is 2.54 bits per heavy atom. The molecule has 5 rings (SSSR count). The van der Waals surface area contributed by atoms with Crippen molar-refractivity contribution < 1.29 is 14.3 Å². The number of benzene rings is 1. The highest BCUT2D eigenvalue weighted by molar-refractivity contribution is 6.05. The molecule has 1 aromatic carbocycles. The Labute approximate surface area is 243 Å². The van der Waals surface area contributed by atoms with Gasteiger partial charge in [0, 0.05) is 24.2 Å². The van der Waals surface area contributed by atoms with Crippen LogP contribution in [0.1, 0.15) is 76.1 Å². The summed E-state index contributed by atoms with van der Waals surface area (Å²) in [6, 6.07) is 5.64. The monoisotopic (exact) mass is 563 g/mol. The molecule has 1 aromatic heterocycles. The van der Waals surface area contributed by atoms with Crippen LogP contribution in [-0.2, 0) is 4.79 Å². The van der Waals surface area contributed by atoms with Crippen LogP contribution in [0.3, 0.4) is 0 Å². The van der Waals surface area contributed by atoms with E-state index in [9.17, 15) is 9.59 Å². The Bertz CT molecular complexity index is 1240. The van der Waals surface area contributed by atoms with Crippen molar-refractivity contribution >= 4 is 35.0 Å². The molecule has 2 N–H and O–H groups in total. The number of anilines is 4. The number of fused-ring (bicyclic) bond motifs is 1. The Morgan fingerprint density at radius 1 is 1.15 bits per heavy atom. The predicted octanol–water partition coefficient (Wildman–Crippen LogP) is 4.58. The van der Waals surface area contributed by atoms with Crippen LogP contribution >= 0.6 is 0 Å². The van der Waals surface area contributed by atoms with Gasteiger partial charge in [-0.05, 0) is 76.4 Å². The lowest BCUT2D eigenvalue weighted by Crippen LogP contribution is -2.57. The zero-order chi connectivity index (χ0) is 29.1. The van der Waals surface area contributed by atoms with Gasteiger partial charge in [0.05, 0.1) is 19.0 Å². The molecule has 1 saturated carbocycles. The standard InChI is InChI=1S/C31H45N7O3/c1-6-25-30(40)37(19-20(2)3)26-18-32-31(35-28(26)38(25)23-9-7-8-10-23)34-24-12-11-21(17-27(24)41-5)29(39)33-22-13-15-36(4)16-14-22/h11-12,17-18,20,22-23,25H,6-10,13-16,19H2,1-5H3,(H,33,39)(H,32,34,35)/t25-/m1/s1. The summed E-state index contributed by atoms with van der Waals surface area (Å²) in [4.78, 5) is 42.7.